The van der Waals surface area contributed by atoms with Gasteiger partial charge < -0.3 is 10.6 Å². The van der Waals surface area contributed by atoms with Crippen LogP contribution >= 0.6 is 0 Å². The number of carbonyl (C=O) groups is 1. The van der Waals surface area contributed by atoms with Gasteiger partial charge in [0.1, 0.15) is 0 Å². The average molecular weight is 266 g/mol. The highest BCUT2D eigenvalue weighted by Crippen LogP contribution is 2.26. The summed E-state index contributed by atoms with van der Waals surface area (Å²) < 4.78 is 0. The molecule has 2 aromatic rings. The third-order valence-electron chi connectivity index (χ3n) is 3.67. The predicted molar refractivity (Wildman–Crippen MR) is 80.6 cm³/mol. The van der Waals surface area contributed by atoms with Crippen LogP contribution in [-0.2, 0) is 11.2 Å². The summed E-state index contributed by atoms with van der Waals surface area (Å²) in [7, 11) is 0. The van der Waals surface area contributed by atoms with Gasteiger partial charge in [-0.2, -0.15) is 0 Å². The molecule has 3 heteroatoms. The molecule has 1 amide bonds. The first-order valence-corrected chi connectivity index (χ1v) is 6.92. The molecule has 1 heterocycles. The first kappa shape index (κ1) is 12.9. The van der Waals surface area contributed by atoms with Crippen molar-refractivity contribution in [3.8, 4) is 0 Å². The summed E-state index contributed by atoms with van der Waals surface area (Å²) in [6.45, 7) is 0.616. The van der Waals surface area contributed by atoms with Crippen LogP contribution in [0.15, 0.2) is 54.6 Å². The first-order valence-electron chi connectivity index (χ1n) is 6.92. The quantitative estimate of drug-likeness (QED) is 0.927. The molecule has 3 nitrogen and oxygen atoms in total. The summed E-state index contributed by atoms with van der Waals surface area (Å²) in [5.74, 6) is 0.123. The second kappa shape index (κ2) is 5.47. The number of rotatable bonds is 3. The molecule has 102 valence electrons. The number of amides is 1. The van der Waals surface area contributed by atoms with Gasteiger partial charge in [0.2, 0.25) is 5.91 Å². The van der Waals surface area contributed by atoms with Gasteiger partial charge >= 0.3 is 0 Å². The normalized spacial score (nSPS) is 18.6. The summed E-state index contributed by atoms with van der Waals surface area (Å²) in [4.78, 5) is 13.9. The third kappa shape index (κ3) is 2.58. The molecule has 1 unspecified atom stereocenters. The Balaban J connectivity index is 1.91. The third-order valence-corrected chi connectivity index (χ3v) is 3.67. The number of para-hydroxylation sites is 1. The van der Waals surface area contributed by atoms with Crippen molar-refractivity contribution in [1.29, 1.82) is 0 Å². The highest BCUT2D eigenvalue weighted by atomic mass is 16.2. The van der Waals surface area contributed by atoms with E-state index >= 15 is 0 Å². The van der Waals surface area contributed by atoms with Gasteiger partial charge in [-0.05, 0) is 23.6 Å². The second-order valence-corrected chi connectivity index (χ2v) is 5.26. The lowest BCUT2D eigenvalue weighted by atomic mass is 10.0. The van der Waals surface area contributed by atoms with E-state index in [1.54, 1.807) is 0 Å². The largest absolute Gasteiger partial charge is 0.326 e. The molecule has 0 saturated carbocycles. The van der Waals surface area contributed by atoms with E-state index in [4.69, 9.17) is 5.73 Å². The SMILES string of the molecule is NC1CC(=O)N(c2ccccc2Cc2ccccc2)C1. The Labute approximate surface area is 119 Å². The molecule has 0 aliphatic carbocycles. The molecule has 1 aliphatic rings. The minimum Gasteiger partial charge on any atom is -0.326 e. The van der Waals surface area contributed by atoms with Crippen molar-refractivity contribution < 1.29 is 4.79 Å². The Morgan fingerprint density at radius 2 is 1.75 bits per heavy atom. The van der Waals surface area contributed by atoms with Gasteiger partial charge in [0, 0.05) is 24.7 Å². The fraction of sp³-hybridized carbons (Fsp3) is 0.235. The highest BCUT2D eigenvalue weighted by molar-refractivity contribution is 5.97. The number of benzene rings is 2. The van der Waals surface area contributed by atoms with Crippen LogP contribution in [0.3, 0.4) is 0 Å². The van der Waals surface area contributed by atoms with Gasteiger partial charge in [-0.3, -0.25) is 4.79 Å². The lowest BCUT2D eigenvalue weighted by Gasteiger charge is -2.20. The molecule has 0 aromatic heterocycles. The maximum atomic E-state index is 12.0. The maximum absolute atomic E-state index is 12.0. The lowest BCUT2D eigenvalue weighted by Crippen LogP contribution is -2.28. The summed E-state index contributed by atoms with van der Waals surface area (Å²) >= 11 is 0. The molecular formula is C17H18N2O. The topological polar surface area (TPSA) is 46.3 Å². The number of hydrogen-bond donors (Lipinski definition) is 1. The fourth-order valence-electron chi connectivity index (χ4n) is 2.71. The Morgan fingerprint density at radius 3 is 2.45 bits per heavy atom. The standard InChI is InChI=1S/C17H18N2O/c18-15-11-17(20)19(12-15)16-9-5-4-8-14(16)10-13-6-2-1-3-7-13/h1-9,15H,10-12,18H2. The van der Waals surface area contributed by atoms with Crippen LogP contribution in [0.2, 0.25) is 0 Å². The maximum Gasteiger partial charge on any atom is 0.228 e. The van der Waals surface area contributed by atoms with E-state index in [1.165, 1.54) is 11.1 Å². The van der Waals surface area contributed by atoms with E-state index in [-0.39, 0.29) is 11.9 Å². The van der Waals surface area contributed by atoms with Crippen LogP contribution in [-0.4, -0.2) is 18.5 Å². The van der Waals surface area contributed by atoms with Crippen LogP contribution in [0.4, 0.5) is 5.69 Å². The minimum atomic E-state index is -0.0488. The monoisotopic (exact) mass is 266 g/mol. The zero-order valence-corrected chi connectivity index (χ0v) is 11.3. The zero-order valence-electron chi connectivity index (χ0n) is 11.3. The molecule has 1 fully saturated rings. The molecule has 0 bridgehead atoms. The molecule has 20 heavy (non-hydrogen) atoms. The van der Waals surface area contributed by atoms with Gasteiger partial charge in [0.25, 0.3) is 0 Å². The average Bonchev–Trinajstić information content (AvgIpc) is 2.79. The van der Waals surface area contributed by atoms with Crippen LogP contribution in [0.1, 0.15) is 17.5 Å². The van der Waals surface area contributed by atoms with E-state index in [0.29, 0.717) is 13.0 Å². The second-order valence-electron chi connectivity index (χ2n) is 5.26. The number of hydrogen-bond acceptors (Lipinski definition) is 2. The molecule has 1 atom stereocenters. The van der Waals surface area contributed by atoms with Gasteiger partial charge in [0.15, 0.2) is 0 Å². The molecule has 3 rings (SSSR count). The molecule has 1 saturated heterocycles. The van der Waals surface area contributed by atoms with Crippen LogP contribution in [0.5, 0.6) is 0 Å². The van der Waals surface area contributed by atoms with Crippen LogP contribution in [0.25, 0.3) is 0 Å². The molecular weight excluding hydrogens is 248 g/mol. The lowest BCUT2D eigenvalue weighted by molar-refractivity contribution is -0.117. The molecule has 2 N–H and O–H groups in total. The summed E-state index contributed by atoms with van der Waals surface area (Å²) in [5, 5.41) is 0. The number of anilines is 1. The van der Waals surface area contributed by atoms with Crippen LogP contribution < -0.4 is 10.6 Å². The summed E-state index contributed by atoms with van der Waals surface area (Å²) in [6, 6.07) is 18.3. The van der Waals surface area contributed by atoms with Gasteiger partial charge in [-0.1, -0.05) is 48.5 Å². The summed E-state index contributed by atoms with van der Waals surface area (Å²) in [5.41, 5.74) is 9.30. The Bertz CT molecular complexity index is 609. The van der Waals surface area contributed by atoms with E-state index in [0.717, 1.165) is 12.1 Å². The van der Waals surface area contributed by atoms with Crippen LogP contribution in [0, 0.1) is 0 Å². The van der Waals surface area contributed by atoms with E-state index < -0.39 is 0 Å². The Morgan fingerprint density at radius 1 is 1.05 bits per heavy atom. The summed E-state index contributed by atoms with van der Waals surface area (Å²) in [6.07, 6.45) is 1.27. The first-order chi connectivity index (χ1) is 9.74. The van der Waals surface area contributed by atoms with Crippen molar-refractivity contribution in [2.45, 2.75) is 18.9 Å². The molecule has 0 radical (unpaired) electrons. The number of nitrogens with two attached hydrogens (primary N) is 1. The zero-order chi connectivity index (χ0) is 13.9. The highest BCUT2D eigenvalue weighted by Gasteiger charge is 2.29. The van der Waals surface area contributed by atoms with Gasteiger partial charge in [0.05, 0.1) is 0 Å². The van der Waals surface area contributed by atoms with Crippen molar-refractivity contribution in [2.24, 2.45) is 5.73 Å². The van der Waals surface area contributed by atoms with E-state index in [9.17, 15) is 4.79 Å². The van der Waals surface area contributed by atoms with E-state index in [1.807, 2.05) is 41.3 Å². The van der Waals surface area contributed by atoms with Gasteiger partial charge in [-0.15, -0.1) is 0 Å². The number of nitrogens with zero attached hydrogens (tertiary/aromatic N) is 1. The van der Waals surface area contributed by atoms with Crippen molar-refractivity contribution in [2.75, 3.05) is 11.4 Å². The Kier molecular flexibility index (Phi) is 3.52. The molecule has 2 aromatic carbocycles. The fourth-order valence-corrected chi connectivity index (χ4v) is 2.71. The van der Waals surface area contributed by atoms with Crippen molar-refractivity contribution in [3.05, 3.63) is 65.7 Å². The Hall–Kier alpha value is -2.13. The molecule has 0 spiro atoms. The minimum absolute atomic E-state index is 0.0488. The van der Waals surface area contributed by atoms with Crippen molar-refractivity contribution in [3.63, 3.8) is 0 Å². The molecule has 1 aliphatic heterocycles. The van der Waals surface area contributed by atoms with Crippen molar-refractivity contribution in [1.82, 2.24) is 0 Å². The van der Waals surface area contributed by atoms with E-state index in [2.05, 4.69) is 18.2 Å². The van der Waals surface area contributed by atoms with Gasteiger partial charge in [-0.25, -0.2) is 0 Å². The van der Waals surface area contributed by atoms with Crippen molar-refractivity contribution >= 4 is 11.6 Å². The smallest absolute Gasteiger partial charge is 0.228 e. The predicted octanol–water partition coefficient (Wildman–Crippen LogP) is 2.34. The number of carbonyl (C=O) groups excluding carboxylic acids is 1.